The summed E-state index contributed by atoms with van der Waals surface area (Å²) in [6.45, 7) is 11.1. The van der Waals surface area contributed by atoms with E-state index in [1.807, 2.05) is 14.0 Å². The van der Waals surface area contributed by atoms with Gasteiger partial charge in [0.05, 0.1) is 42.6 Å². The number of carboxylic acids is 1. The Morgan fingerprint density at radius 3 is 2.30 bits per heavy atom. The minimum atomic E-state index is -1.64. The van der Waals surface area contributed by atoms with Crippen LogP contribution in [0.3, 0.4) is 0 Å². The van der Waals surface area contributed by atoms with Crippen molar-refractivity contribution in [2.75, 3.05) is 33.4 Å². The lowest BCUT2D eigenvalue weighted by Crippen LogP contribution is -2.73. The minimum absolute atomic E-state index is 0.00102. The van der Waals surface area contributed by atoms with Crippen LogP contribution < -0.4 is 16.4 Å². The number of allylic oxidation sites excluding steroid dienone is 2. The molecule has 410 valence electrons. The molecule has 73 heavy (non-hydrogen) atoms. The molecule has 0 aromatic carbocycles. The van der Waals surface area contributed by atoms with E-state index in [2.05, 4.69) is 54.4 Å². The van der Waals surface area contributed by atoms with E-state index >= 15 is 4.79 Å². The van der Waals surface area contributed by atoms with Gasteiger partial charge in [0, 0.05) is 48.3 Å². The molecule has 9 aliphatic rings. The number of aromatic amines is 1. The Morgan fingerprint density at radius 2 is 1.66 bits per heavy atom. The monoisotopic (exact) mass is 1020 g/mol. The zero-order chi connectivity index (χ0) is 52.4. The van der Waals surface area contributed by atoms with Crippen molar-refractivity contribution in [1.29, 1.82) is 0 Å². The van der Waals surface area contributed by atoms with Crippen LogP contribution in [0.5, 0.6) is 0 Å². The van der Waals surface area contributed by atoms with E-state index in [-0.39, 0.29) is 73.1 Å². The molecule has 23 unspecified atom stereocenters. The number of hydrogen-bond acceptors (Lipinski definition) is 14. The molecular weight excluding hydrogens is 935 g/mol. The number of aliphatic carboxylic acids is 1. The Balaban J connectivity index is 1.14. The summed E-state index contributed by atoms with van der Waals surface area (Å²) in [6, 6.07) is -0.456. The number of amides is 1. The summed E-state index contributed by atoms with van der Waals surface area (Å²) in [5, 5.41) is 98.8. The van der Waals surface area contributed by atoms with Crippen molar-refractivity contribution < 1.29 is 59.9 Å². The number of hydrogen-bond donors (Lipinski definition) is 12. The fraction of sp³-hybridized carbons (Fsp3) is 0.875. The second-order valence-corrected chi connectivity index (χ2v) is 26.8. The number of aliphatic hydroxyl groups is 7. The number of aliphatic hydroxyl groups excluding tert-OH is 7. The number of imidazole rings is 1. The zero-order valence-corrected chi connectivity index (χ0v) is 44.2. The molecule has 1 aromatic rings. The molecule has 1 aromatic heterocycles. The van der Waals surface area contributed by atoms with Crippen LogP contribution in [-0.2, 0) is 19.1 Å². The standard InChI is InChI=1S/C56H89N5O12/c1-50(26-62)20-31-11-9-10-30-21-56(31,49(70)71)36(22-50)33-12-13-40-52(3,54(30,33)5)17-14-39-51(2,27-63)45(73-47-44(67)43(66)38(64)25-72-47)42(65)35(53(39,40)4)19-34-41(61-48(69)55(34)15-7-8-16-55)32(37-24-59-28-60-37)18-29(23-58-6)46(57)68/h12,24,28-32,34-36,38-47,58,62-68H,7-11,13-23,25-27,57H2,1-6H3,(H,59,60)(H,61,69)(H,70,71). The average molecular weight is 1020 g/mol. The van der Waals surface area contributed by atoms with Gasteiger partial charge in [0.15, 0.2) is 6.29 Å². The highest BCUT2D eigenvalue weighted by molar-refractivity contribution is 5.86. The number of nitrogens with one attached hydrogen (secondary N) is 3. The van der Waals surface area contributed by atoms with Crippen molar-refractivity contribution in [2.24, 2.45) is 91.0 Å². The molecule has 0 radical (unpaired) electrons. The molecule has 1 amide bonds. The Labute approximate surface area is 431 Å². The number of fused-ring (bicyclic) bond motifs is 8. The number of ether oxygens (including phenoxy) is 2. The van der Waals surface area contributed by atoms with E-state index in [0.717, 1.165) is 44.2 Å². The summed E-state index contributed by atoms with van der Waals surface area (Å²) in [7, 11) is 1.82. The first kappa shape index (κ1) is 53.8. The molecule has 2 saturated heterocycles. The predicted molar refractivity (Wildman–Crippen MR) is 268 cm³/mol. The second-order valence-electron chi connectivity index (χ2n) is 26.8. The second kappa shape index (κ2) is 19.1. The third kappa shape index (κ3) is 7.71. The maximum Gasteiger partial charge on any atom is 0.310 e. The van der Waals surface area contributed by atoms with Crippen LogP contribution in [0, 0.1) is 85.2 Å². The van der Waals surface area contributed by atoms with Crippen molar-refractivity contribution in [2.45, 2.75) is 186 Å². The Bertz CT molecular complexity index is 2230. The molecule has 6 saturated carbocycles. The van der Waals surface area contributed by atoms with Crippen LogP contribution in [-0.4, -0.2) is 145 Å². The molecule has 17 nitrogen and oxygen atoms in total. The number of carboxylic acid groups (broad SMARTS) is 1. The van der Waals surface area contributed by atoms with Gasteiger partial charge in [0.25, 0.3) is 0 Å². The summed E-state index contributed by atoms with van der Waals surface area (Å²) in [5.41, 5.74) is 3.51. The highest BCUT2D eigenvalue weighted by Gasteiger charge is 2.76. The van der Waals surface area contributed by atoms with Crippen molar-refractivity contribution in [3.8, 4) is 0 Å². The number of H-pyrrole nitrogens is 1. The van der Waals surface area contributed by atoms with Gasteiger partial charge in [-0.15, -0.1) is 0 Å². The topological polar surface area (TPSA) is 293 Å². The number of nitrogens with two attached hydrogens (primary N) is 1. The first-order valence-electron chi connectivity index (χ1n) is 28.1. The van der Waals surface area contributed by atoms with Gasteiger partial charge in [-0.1, -0.05) is 65.5 Å². The maximum atomic E-state index is 15.0. The summed E-state index contributed by atoms with van der Waals surface area (Å²) in [6.07, 6.45) is 6.72. The lowest BCUT2D eigenvalue weighted by atomic mass is 9.30. The van der Waals surface area contributed by atoms with Crippen LogP contribution in [0.2, 0.25) is 0 Å². The predicted octanol–water partition coefficient (Wildman–Crippen LogP) is 3.55. The van der Waals surface area contributed by atoms with Crippen LogP contribution >= 0.6 is 0 Å². The van der Waals surface area contributed by atoms with Crippen molar-refractivity contribution >= 4 is 11.9 Å². The average Bonchev–Trinajstić information content (AvgIpc) is 4.10. The van der Waals surface area contributed by atoms with Crippen LogP contribution in [0.4, 0.5) is 0 Å². The number of carbonyl (C=O) groups is 2. The van der Waals surface area contributed by atoms with E-state index in [0.29, 0.717) is 64.3 Å². The van der Waals surface area contributed by atoms with E-state index < -0.39 is 98.9 Å². The summed E-state index contributed by atoms with van der Waals surface area (Å²) >= 11 is 0. The highest BCUT2D eigenvalue weighted by atomic mass is 16.7. The van der Waals surface area contributed by atoms with E-state index in [4.69, 9.17) is 15.2 Å². The van der Waals surface area contributed by atoms with Gasteiger partial charge in [0.1, 0.15) is 24.5 Å². The summed E-state index contributed by atoms with van der Waals surface area (Å²) in [5.74, 6) is -2.93. The summed E-state index contributed by atoms with van der Waals surface area (Å²) in [4.78, 5) is 36.9. The molecule has 23 atom stereocenters. The molecular formula is C56H89N5O12. The molecule has 2 aliphatic heterocycles. The molecule has 10 rings (SSSR count). The smallest absolute Gasteiger partial charge is 0.310 e. The fourth-order valence-corrected chi connectivity index (χ4v) is 20.0. The largest absolute Gasteiger partial charge is 0.481 e. The van der Waals surface area contributed by atoms with Gasteiger partial charge >= 0.3 is 5.97 Å². The number of rotatable bonds is 14. The number of nitrogens with zero attached hydrogens (tertiary/aromatic N) is 1. The normalized spacial score (nSPS) is 49.1. The summed E-state index contributed by atoms with van der Waals surface area (Å²) < 4.78 is 12.7. The molecule has 13 N–H and O–H groups in total. The van der Waals surface area contributed by atoms with Crippen molar-refractivity contribution in [3.05, 3.63) is 29.9 Å². The minimum Gasteiger partial charge on any atom is -0.481 e. The fourth-order valence-electron chi connectivity index (χ4n) is 20.0. The van der Waals surface area contributed by atoms with E-state index in [1.54, 1.807) is 12.5 Å². The van der Waals surface area contributed by atoms with Crippen molar-refractivity contribution in [1.82, 2.24) is 20.6 Å². The zero-order valence-electron chi connectivity index (χ0n) is 44.2. The molecule has 17 heteroatoms. The lowest BCUT2D eigenvalue weighted by molar-refractivity contribution is -0.341. The molecule has 8 fully saturated rings. The molecule has 1 spiro atoms. The van der Waals surface area contributed by atoms with E-state index in [9.17, 15) is 45.6 Å². The first-order valence-corrected chi connectivity index (χ1v) is 28.1. The Morgan fingerprint density at radius 1 is 0.932 bits per heavy atom. The molecule has 7 aliphatic carbocycles. The third-order valence-corrected chi connectivity index (χ3v) is 23.8. The third-order valence-electron chi connectivity index (χ3n) is 23.8. The van der Waals surface area contributed by atoms with Gasteiger partial charge in [-0.05, 0) is 147 Å². The van der Waals surface area contributed by atoms with Gasteiger partial charge < -0.3 is 71.7 Å². The van der Waals surface area contributed by atoms with Crippen molar-refractivity contribution in [3.63, 3.8) is 0 Å². The van der Waals surface area contributed by atoms with Crippen LogP contribution in [0.1, 0.15) is 143 Å². The number of carbonyl (C=O) groups excluding carboxylic acids is 1. The van der Waals surface area contributed by atoms with Gasteiger partial charge in [-0.3, -0.25) is 9.59 Å². The highest BCUT2D eigenvalue weighted by Crippen LogP contribution is 2.80. The molecule has 3 heterocycles. The number of aromatic nitrogens is 2. The Kier molecular flexibility index (Phi) is 14.1. The Hall–Kier alpha value is -2.55. The quantitative estimate of drug-likeness (QED) is 0.0721. The lowest BCUT2D eigenvalue weighted by Gasteiger charge is -2.75. The van der Waals surface area contributed by atoms with Crippen LogP contribution in [0.25, 0.3) is 0 Å². The SMILES string of the molecule is CNCC(CC(c1cnc[nH]1)C1NC(=O)C2(CCCC2)C1CC1C(O)C(OC2OCC(O)C(O)C2O)C(C)(CO)C2CCC3(C)C(CC=C4C5CC(C)(CO)CC6CCCC(CC65C(=O)O)C43C)C12C)C(N)O. The van der Waals surface area contributed by atoms with Gasteiger partial charge in [0.2, 0.25) is 5.91 Å². The molecule has 2 bridgehead atoms. The van der Waals surface area contributed by atoms with Crippen LogP contribution in [0.15, 0.2) is 24.2 Å². The van der Waals surface area contributed by atoms with Gasteiger partial charge in [-0.25, -0.2) is 4.98 Å². The van der Waals surface area contributed by atoms with E-state index in [1.165, 1.54) is 5.57 Å². The first-order chi connectivity index (χ1) is 34.6. The van der Waals surface area contributed by atoms with Gasteiger partial charge in [-0.2, -0.15) is 0 Å². The maximum absolute atomic E-state index is 15.0.